The minimum atomic E-state index is -0.608. The first-order valence-corrected chi connectivity index (χ1v) is 21.7. The smallest absolute Gasteiger partial charge is 0.255 e. The van der Waals surface area contributed by atoms with E-state index in [1.807, 2.05) is 60.7 Å². The Hall–Kier alpha value is -5.67. The third-order valence-corrected chi connectivity index (χ3v) is 13.3. The molecule has 1 unspecified atom stereocenters. The van der Waals surface area contributed by atoms with Crippen LogP contribution in [0.2, 0.25) is 0 Å². The van der Waals surface area contributed by atoms with Gasteiger partial charge in [-0.2, -0.15) is 5.21 Å². The number of hydrogen-bond donors (Lipinski definition) is 2. The maximum absolute atomic E-state index is 13.1. The highest BCUT2D eigenvalue weighted by molar-refractivity contribution is 6.05. The second-order valence-electron chi connectivity index (χ2n) is 17.3. The Balaban J connectivity index is 0.635. The van der Waals surface area contributed by atoms with E-state index in [2.05, 4.69) is 40.9 Å². The molecule has 0 spiro atoms. The number of fused-ring (bicyclic) bond motifs is 2. The largest absolute Gasteiger partial charge is 0.490 e. The van der Waals surface area contributed by atoms with Crippen molar-refractivity contribution in [3.05, 3.63) is 71.8 Å². The van der Waals surface area contributed by atoms with Crippen molar-refractivity contribution in [2.45, 2.75) is 89.0 Å². The Bertz CT molecular complexity index is 2340. The van der Waals surface area contributed by atoms with Crippen LogP contribution in [0.15, 0.2) is 65.2 Å². The molecule has 312 valence electrons. The number of likely N-dealkylation sites (tertiary alicyclic amines) is 2. The molecule has 5 aliphatic rings. The zero-order valence-electron chi connectivity index (χ0n) is 33.8. The lowest BCUT2D eigenvalue weighted by Crippen LogP contribution is -2.52. The fourth-order valence-corrected chi connectivity index (χ4v) is 10.0. The Labute approximate surface area is 348 Å². The minimum absolute atomic E-state index is 0.150. The van der Waals surface area contributed by atoms with Crippen LogP contribution in [0.5, 0.6) is 11.5 Å². The van der Waals surface area contributed by atoms with Gasteiger partial charge in [0.25, 0.3) is 5.91 Å². The van der Waals surface area contributed by atoms with E-state index in [-0.39, 0.29) is 36.4 Å². The first-order chi connectivity index (χ1) is 29.4. The maximum atomic E-state index is 13.1. The number of H-pyrrole nitrogens is 1. The van der Waals surface area contributed by atoms with Crippen LogP contribution in [0.3, 0.4) is 0 Å². The molecule has 10 rings (SSSR count). The van der Waals surface area contributed by atoms with Crippen LogP contribution >= 0.6 is 0 Å². The van der Waals surface area contributed by atoms with Gasteiger partial charge < -0.3 is 28.7 Å². The van der Waals surface area contributed by atoms with Crippen LogP contribution in [-0.4, -0.2) is 116 Å². The molecule has 0 bridgehead atoms. The molecular formula is C45H51N9O6. The van der Waals surface area contributed by atoms with Gasteiger partial charge in [-0.25, -0.2) is 0 Å². The molecule has 15 heteroatoms. The summed E-state index contributed by atoms with van der Waals surface area (Å²) in [5, 5.41) is 21.9. The summed E-state index contributed by atoms with van der Waals surface area (Å²) in [6, 6.07) is 19.0. The summed E-state index contributed by atoms with van der Waals surface area (Å²) in [7, 11) is 0. The number of carbonyl (C=O) groups excluding carboxylic acids is 3. The van der Waals surface area contributed by atoms with Gasteiger partial charge in [-0.1, -0.05) is 17.3 Å². The van der Waals surface area contributed by atoms with E-state index in [9.17, 15) is 14.4 Å². The molecule has 0 radical (unpaired) electrons. The molecule has 2 aromatic heterocycles. The SMILES string of the molecule is O=C1CCC(N2Cc3cc(OC4CCN(C[C@H]5CC[C@H](CN6CCC(Oc7cccc(-c8onc9ccc(-c%10nn[nH]n%10)cc89)c7)CC6)CC5)CC4)ccc3C2=O)C(=O)N1. The average molecular weight is 814 g/mol. The zero-order valence-corrected chi connectivity index (χ0v) is 33.8. The van der Waals surface area contributed by atoms with Crippen molar-refractivity contribution in [1.82, 2.24) is 45.8 Å². The molecule has 4 fully saturated rings. The van der Waals surface area contributed by atoms with Gasteiger partial charge in [0.1, 0.15) is 35.3 Å². The predicted molar refractivity (Wildman–Crippen MR) is 221 cm³/mol. The second kappa shape index (κ2) is 16.8. The Morgan fingerprint density at radius 3 is 2.10 bits per heavy atom. The molecule has 60 heavy (non-hydrogen) atoms. The van der Waals surface area contributed by atoms with Crippen molar-refractivity contribution in [2.24, 2.45) is 11.8 Å². The summed E-state index contributed by atoms with van der Waals surface area (Å²) in [6.45, 7) is 6.94. The van der Waals surface area contributed by atoms with Crippen molar-refractivity contribution in [1.29, 1.82) is 0 Å². The number of tetrazole rings is 1. The van der Waals surface area contributed by atoms with Gasteiger partial charge in [0.15, 0.2) is 5.76 Å². The Morgan fingerprint density at radius 1 is 0.733 bits per heavy atom. The molecule has 2 N–H and O–H groups in total. The number of aromatic amines is 1. The number of rotatable bonds is 11. The summed E-state index contributed by atoms with van der Waals surface area (Å²) < 4.78 is 18.8. The number of amides is 3. The predicted octanol–water partition coefficient (Wildman–Crippen LogP) is 5.63. The van der Waals surface area contributed by atoms with Gasteiger partial charge in [-0.05, 0) is 129 Å². The molecule has 15 nitrogen and oxygen atoms in total. The summed E-state index contributed by atoms with van der Waals surface area (Å²) >= 11 is 0. The van der Waals surface area contributed by atoms with Crippen LogP contribution in [0.4, 0.5) is 0 Å². The van der Waals surface area contributed by atoms with Gasteiger partial charge in [0.2, 0.25) is 17.6 Å². The van der Waals surface area contributed by atoms with Gasteiger partial charge in [-0.3, -0.25) is 19.7 Å². The molecular weight excluding hydrogens is 763 g/mol. The highest BCUT2D eigenvalue weighted by Gasteiger charge is 2.39. The number of carbonyl (C=O) groups is 3. The lowest BCUT2D eigenvalue weighted by molar-refractivity contribution is -0.136. The first kappa shape index (κ1) is 38.5. The van der Waals surface area contributed by atoms with Crippen LogP contribution < -0.4 is 14.8 Å². The molecule has 1 saturated carbocycles. The number of imide groups is 1. The average Bonchev–Trinajstić information content (AvgIpc) is 4.03. The van der Waals surface area contributed by atoms with Crippen LogP contribution in [-0.2, 0) is 16.1 Å². The van der Waals surface area contributed by atoms with Crippen molar-refractivity contribution in [3.8, 4) is 34.2 Å². The quantitative estimate of drug-likeness (QED) is 0.158. The van der Waals surface area contributed by atoms with Crippen LogP contribution in [0.25, 0.3) is 33.6 Å². The number of nitrogens with zero attached hydrogens (tertiary/aromatic N) is 7. The fourth-order valence-electron chi connectivity index (χ4n) is 10.0. The summed E-state index contributed by atoms with van der Waals surface area (Å²) in [4.78, 5) is 44.0. The maximum Gasteiger partial charge on any atom is 0.255 e. The topological polar surface area (TPSA) is 172 Å². The van der Waals surface area contributed by atoms with E-state index in [0.717, 1.165) is 103 Å². The van der Waals surface area contributed by atoms with E-state index in [0.29, 0.717) is 30.1 Å². The molecule has 6 heterocycles. The highest BCUT2D eigenvalue weighted by Crippen LogP contribution is 2.36. The zero-order chi connectivity index (χ0) is 40.6. The van der Waals surface area contributed by atoms with E-state index in [1.54, 1.807) is 4.90 Å². The van der Waals surface area contributed by atoms with E-state index < -0.39 is 6.04 Å². The third kappa shape index (κ3) is 8.24. The van der Waals surface area contributed by atoms with Crippen molar-refractivity contribution < 1.29 is 28.4 Å². The molecule has 3 amide bonds. The normalized spacial score (nSPS) is 23.6. The van der Waals surface area contributed by atoms with Gasteiger partial charge in [0.05, 0.1) is 5.39 Å². The Kier molecular flexibility index (Phi) is 10.8. The number of hydrogen-bond acceptors (Lipinski definition) is 12. The molecule has 4 aliphatic heterocycles. The number of piperidine rings is 3. The lowest BCUT2D eigenvalue weighted by Gasteiger charge is -2.38. The summed E-state index contributed by atoms with van der Waals surface area (Å²) in [5.74, 6) is 3.55. The number of aromatic nitrogens is 5. The first-order valence-electron chi connectivity index (χ1n) is 21.7. The van der Waals surface area contributed by atoms with Gasteiger partial charge in [-0.15, -0.1) is 10.2 Å². The second-order valence-corrected chi connectivity index (χ2v) is 17.3. The molecule has 1 aliphatic carbocycles. The van der Waals surface area contributed by atoms with Crippen molar-refractivity contribution >= 4 is 28.6 Å². The van der Waals surface area contributed by atoms with Gasteiger partial charge >= 0.3 is 0 Å². The number of ether oxygens (including phenoxy) is 2. The number of benzene rings is 3. The van der Waals surface area contributed by atoms with Crippen LogP contribution in [0, 0.1) is 11.8 Å². The Morgan fingerprint density at radius 2 is 1.43 bits per heavy atom. The molecule has 3 saturated heterocycles. The van der Waals surface area contributed by atoms with E-state index in [4.69, 9.17) is 14.0 Å². The van der Waals surface area contributed by atoms with E-state index >= 15 is 0 Å². The van der Waals surface area contributed by atoms with E-state index in [1.165, 1.54) is 38.8 Å². The fraction of sp³-hybridized carbons (Fsp3) is 0.489. The minimum Gasteiger partial charge on any atom is -0.490 e. The van der Waals surface area contributed by atoms with Crippen molar-refractivity contribution in [3.63, 3.8) is 0 Å². The van der Waals surface area contributed by atoms with Crippen LogP contribution in [0.1, 0.15) is 80.1 Å². The molecule has 1 atom stereocenters. The molecule has 3 aromatic carbocycles. The third-order valence-electron chi connectivity index (χ3n) is 13.3. The molecule has 5 aromatic rings. The number of nitrogens with one attached hydrogen (secondary N) is 2. The lowest BCUT2D eigenvalue weighted by atomic mass is 9.81. The summed E-state index contributed by atoms with van der Waals surface area (Å²) in [6.07, 6.45) is 10.2. The standard InChI is InChI=1S/C45H51N9O6/c55-41-13-12-40(44(56)46-41)54-27-32-23-36(9-10-37(32)45(54)57)59-34-16-20-53(21-17-34)26-29-6-4-28(5-7-29)25-52-18-14-33(15-19-52)58-35-3-1-2-30(22-35)42-38-24-31(43-47-50-51-48-43)8-11-39(38)49-60-42/h1-3,8-11,22-24,28-29,33-34,40H,4-7,12-21,25-27H2,(H,46,55,56)(H,47,48,50,51)/t28-,29-,40?. The summed E-state index contributed by atoms with van der Waals surface area (Å²) in [5.41, 5.74) is 4.02. The highest BCUT2D eigenvalue weighted by atomic mass is 16.5. The monoisotopic (exact) mass is 813 g/mol. The van der Waals surface area contributed by atoms with Gasteiger partial charge in [0, 0.05) is 68.9 Å². The van der Waals surface area contributed by atoms with Crippen molar-refractivity contribution in [2.75, 3.05) is 39.3 Å².